The minimum absolute atomic E-state index is 0.695. The summed E-state index contributed by atoms with van der Waals surface area (Å²) >= 11 is 0. The maximum atomic E-state index is 5.06. The number of pyridine rings is 6. The second kappa shape index (κ2) is 34.4. The molecule has 0 atom stereocenters. The standard InChI is InChI=1S/2C55H37N5/c1-4-13-38(14-5-1)45-19-12-20-46(33-45)48-34-53(49-21-10-11-32-56-49)58-54(35-48)50-31-30-47(37-57-50)41-24-22-39(23-25-41)40-26-28-44(29-27-40)55-59-51(42-15-6-2-7-16-42)36-52(60-55)43-17-8-3-9-18-43;1-4-12-38(13-5-1)39-21-25-43(26-22-39)48-34-53(49-18-10-11-33-56-49)58-54(35-48)50-32-31-47(37-57-50)42-23-19-40(20-24-42)41-27-29-46(30-28-41)55-59-51(44-14-6-2-7-15-44)36-52(60-55)45-16-8-3-9-17-45/h2*1-37H. The van der Waals surface area contributed by atoms with E-state index in [1.54, 1.807) is 12.4 Å². The number of hydrogen-bond donors (Lipinski definition) is 0. The molecule has 564 valence electrons. The molecule has 0 N–H and O–H groups in total. The van der Waals surface area contributed by atoms with Crippen LogP contribution < -0.4 is 0 Å². The molecule has 0 radical (unpaired) electrons. The van der Waals surface area contributed by atoms with Gasteiger partial charge in [0.25, 0.3) is 0 Å². The van der Waals surface area contributed by atoms with Crippen molar-refractivity contribution < 1.29 is 0 Å². The molecule has 8 heterocycles. The Morgan fingerprint density at radius 3 is 0.625 bits per heavy atom. The van der Waals surface area contributed by atoms with Crippen molar-refractivity contribution >= 4 is 0 Å². The highest BCUT2D eigenvalue weighted by atomic mass is 14.9. The van der Waals surface area contributed by atoms with Crippen LogP contribution >= 0.6 is 0 Å². The maximum absolute atomic E-state index is 5.06. The van der Waals surface area contributed by atoms with Crippen LogP contribution in [0.15, 0.2) is 449 Å². The van der Waals surface area contributed by atoms with E-state index in [-0.39, 0.29) is 0 Å². The Bertz CT molecular complexity index is 6760. The summed E-state index contributed by atoms with van der Waals surface area (Å²) in [6.45, 7) is 0. The number of rotatable bonds is 18. The van der Waals surface area contributed by atoms with E-state index in [1.165, 1.54) is 16.7 Å². The van der Waals surface area contributed by atoms with Gasteiger partial charge in [0.05, 0.1) is 68.3 Å². The Morgan fingerprint density at radius 2 is 0.333 bits per heavy atom. The van der Waals surface area contributed by atoms with Crippen molar-refractivity contribution in [3.63, 3.8) is 0 Å². The molecule has 0 amide bonds. The molecular formula is C110H74N10. The van der Waals surface area contributed by atoms with Crippen LogP contribution in [0.2, 0.25) is 0 Å². The summed E-state index contributed by atoms with van der Waals surface area (Å²) < 4.78 is 0. The molecule has 0 spiro atoms. The van der Waals surface area contributed by atoms with Gasteiger partial charge in [0.15, 0.2) is 11.6 Å². The third-order valence-electron chi connectivity index (χ3n) is 21.3. The van der Waals surface area contributed by atoms with Gasteiger partial charge < -0.3 is 0 Å². The topological polar surface area (TPSA) is 129 Å². The summed E-state index contributed by atoms with van der Waals surface area (Å²) in [4.78, 5) is 49.2. The molecule has 0 aliphatic carbocycles. The van der Waals surface area contributed by atoms with Crippen molar-refractivity contribution in [3.05, 3.63) is 449 Å². The molecule has 0 fully saturated rings. The van der Waals surface area contributed by atoms with Crippen LogP contribution in [0.3, 0.4) is 0 Å². The van der Waals surface area contributed by atoms with Crippen molar-refractivity contribution in [3.8, 4) is 202 Å². The first kappa shape index (κ1) is 73.8. The van der Waals surface area contributed by atoms with Gasteiger partial charge in [-0.15, -0.1) is 0 Å². The van der Waals surface area contributed by atoms with Crippen molar-refractivity contribution in [2.24, 2.45) is 0 Å². The molecule has 0 bridgehead atoms. The van der Waals surface area contributed by atoms with E-state index in [2.05, 4.69) is 307 Å². The summed E-state index contributed by atoms with van der Waals surface area (Å²) in [7, 11) is 0. The first-order valence-electron chi connectivity index (χ1n) is 39.9. The predicted molar refractivity (Wildman–Crippen MR) is 489 cm³/mol. The SMILES string of the molecule is c1ccc(-c2ccc(-c3cc(-c4ccccn4)nc(-c4ccc(-c5ccc(-c6ccc(-c7nc(-c8ccccc8)cc(-c8ccccc8)n7)cc6)cc5)cn4)c3)cc2)cc1.c1ccc(-c2cccc(-c3cc(-c4ccccn4)nc(-c4ccc(-c5ccc(-c6ccc(-c7nc(-c8ccccc8)cc(-c8ccccc8)n7)cc6)cc5)cn4)c3)c2)cc1. The zero-order chi connectivity index (χ0) is 80.2. The molecule has 10 nitrogen and oxygen atoms in total. The molecule has 0 saturated carbocycles. The van der Waals surface area contributed by atoms with Gasteiger partial charge in [0.1, 0.15) is 0 Å². The number of hydrogen-bond acceptors (Lipinski definition) is 10. The highest BCUT2D eigenvalue weighted by Gasteiger charge is 2.18. The Balaban J connectivity index is 0.000000159. The third-order valence-corrected chi connectivity index (χ3v) is 21.3. The van der Waals surface area contributed by atoms with Crippen molar-refractivity contribution in [2.75, 3.05) is 0 Å². The number of aromatic nitrogens is 10. The average molecular weight is 1540 g/mol. The zero-order valence-corrected chi connectivity index (χ0v) is 65.2. The summed E-state index contributed by atoms with van der Waals surface area (Å²) in [5, 5.41) is 0. The maximum Gasteiger partial charge on any atom is 0.160 e. The van der Waals surface area contributed by atoms with Gasteiger partial charge in [-0.3, -0.25) is 19.9 Å². The van der Waals surface area contributed by atoms with Crippen molar-refractivity contribution in [1.82, 2.24) is 49.8 Å². The lowest BCUT2D eigenvalue weighted by Gasteiger charge is -2.11. The van der Waals surface area contributed by atoms with Crippen LogP contribution in [0.4, 0.5) is 0 Å². The van der Waals surface area contributed by atoms with Crippen LogP contribution in [0, 0.1) is 0 Å². The zero-order valence-electron chi connectivity index (χ0n) is 65.2. The van der Waals surface area contributed by atoms with Gasteiger partial charge >= 0.3 is 0 Å². The van der Waals surface area contributed by atoms with Gasteiger partial charge in [-0.1, -0.05) is 346 Å². The molecular weight excluding hydrogens is 1460 g/mol. The highest BCUT2D eigenvalue weighted by molar-refractivity contribution is 5.83. The Morgan fingerprint density at radius 1 is 0.108 bits per heavy atom. The molecule has 0 aliphatic rings. The van der Waals surface area contributed by atoms with Gasteiger partial charge in [-0.05, 0) is 157 Å². The second-order valence-corrected chi connectivity index (χ2v) is 29.1. The first-order valence-corrected chi connectivity index (χ1v) is 39.9. The molecule has 20 rings (SSSR count). The van der Waals surface area contributed by atoms with Crippen LogP contribution in [-0.2, 0) is 0 Å². The fourth-order valence-electron chi connectivity index (χ4n) is 14.9. The van der Waals surface area contributed by atoms with E-state index in [1.807, 2.05) is 140 Å². The molecule has 8 aromatic heterocycles. The van der Waals surface area contributed by atoms with Gasteiger partial charge in [0.2, 0.25) is 0 Å². The molecule has 12 aromatic carbocycles. The predicted octanol–water partition coefficient (Wildman–Crippen LogP) is 27.3. The fraction of sp³-hybridized carbons (Fsp3) is 0. The quantitative estimate of drug-likeness (QED) is 0.0819. The first-order chi connectivity index (χ1) is 59.4. The fourth-order valence-corrected chi connectivity index (χ4v) is 14.9. The smallest absolute Gasteiger partial charge is 0.160 e. The molecule has 0 unspecified atom stereocenters. The summed E-state index contributed by atoms with van der Waals surface area (Å²) in [5.41, 5.74) is 33.9. The van der Waals surface area contributed by atoms with E-state index in [0.29, 0.717) is 11.6 Å². The van der Waals surface area contributed by atoms with Crippen molar-refractivity contribution in [1.29, 1.82) is 0 Å². The monoisotopic (exact) mass is 1530 g/mol. The molecule has 10 heteroatoms. The average Bonchev–Trinajstić information content (AvgIpc) is 0.804. The van der Waals surface area contributed by atoms with Crippen LogP contribution in [0.5, 0.6) is 0 Å². The summed E-state index contributed by atoms with van der Waals surface area (Å²) in [5.74, 6) is 1.39. The van der Waals surface area contributed by atoms with E-state index in [0.717, 1.165) is 174 Å². The largest absolute Gasteiger partial charge is 0.255 e. The van der Waals surface area contributed by atoms with Crippen molar-refractivity contribution in [2.45, 2.75) is 0 Å². The minimum Gasteiger partial charge on any atom is -0.255 e. The van der Waals surface area contributed by atoms with E-state index in [9.17, 15) is 0 Å². The molecule has 0 aliphatic heterocycles. The lowest BCUT2D eigenvalue weighted by molar-refractivity contribution is 1.18. The van der Waals surface area contributed by atoms with Gasteiger partial charge in [0, 0.05) is 69.3 Å². The van der Waals surface area contributed by atoms with Gasteiger partial charge in [-0.25, -0.2) is 29.9 Å². The minimum atomic E-state index is 0.695. The molecule has 20 aromatic rings. The van der Waals surface area contributed by atoms with Crippen LogP contribution in [0.1, 0.15) is 0 Å². The Kier molecular flexibility index (Phi) is 21.2. The molecule has 0 saturated heterocycles. The van der Waals surface area contributed by atoms with Gasteiger partial charge in [-0.2, -0.15) is 0 Å². The lowest BCUT2D eigenvalue weighted by Crippen LogP contribution is -1.95. The summed E-state index contributed by atoms with van der Waals surface area (Å²) in [6, 6.07) is 146. The number of nitrogens with zero attached hydrogens (tertiary/aromatic N) is 10. The third kappa shape index (κ3) is 16.8. The Labute approximate surface area is 697 Å². The summed E-state index contributed by atoms with van der Waals surface area (Å²) in [6.07, 6.45) is 7.45. The normalized spacial score (nSPS) is 11.0. The molecule has 120 heavy (non-hydrogen) atoms. The highest BCUT2D eigenvalue weighted by Crippen LogP contribution is 2.38. The lowest BCUT2D eigenvalue weighted by atomic mass is 9.97. The Hall–Kier alpha value is -16.3. The van der Waals surface area contributed by atoms with E-state index in [4.69, 9.17) is 39.9 Å². The van der Waals surface area contributed by atoms with Crippen LogP contribution in [0.25, 0.3) is 202 Å². The van der Waals surface area contributed by atoms with Crippen LogP contribution in [-0.4, -0.2) is 49.8 Å². The van der Waals surface area contributed by atoms with E-state index < -0.39 is 0 Å². The number of benzene rings is 12. The second-order valence-electron chi connectivity index (χ2n) is 29.1. The van der Waals surface area contributed by atoms with E-state index >= 15 is 0 Å².